The largest absolute Gasteiger partial charge is 0.468 e. The van der Waals surface area contributed by atoms with Crippen LogP contribution in [0.3, 0.4) is 0 Å². The maximum absolute atomic E-state index is 5.65. The van der Waals surface area contributed by atoms with Gasteiger partial charge < -0.3 is 9.73 Å². The summed E-state index contributed by atoms with van der Waals surface area (Å²) in [5.74, 6) is 2.38. The zero-order valence-corrected chi connectivity index (χ0v) is 12.7. The zero-order valence-electron chi connectivity index (χ0n) is 11.9. The number of hydrogen-bond acceptors (Lipinski definition) is 4. The van der Waals surface area contributed by atoms with Crippen LogP contribution in [0, 0.1) is 0 Å². The Balaban J connectivity index is 1.60. The molecular weight excluding hydrogens is 256 g/mol. The number of nitrogens with zero attached hydrogens (tertiary/aromatic N) is 1. The standard InChI is InChI=1S/C15H24N2OS/c1-11-12(2)19-8-6-17(11)10-13-5-7-18-15(13)9-16-14-3-4-14/h5,7,11-12,14,16H,3-4,6,8-10H2,1-2H3. The number of furan rings is 1. The van der Waals surface area contributed by atoms with Gasteiger partial charge in [-0.25, -0.2) is 0 Å². The maximum Gasteiger partial charge on any atom is 0.122 e. The second-order valence-electron chi connectivity index (χ2n) is 5.81. The number of thioether (sulfide) groups is 1. The normalized spacial score (nSPS) is 28.7. The molecule has 1 saturated carbocycles. The predicted octanol–water partition coefficient (Wildman–Crippen LogP) is 2.86. The molecule has 0 spiro atoms. The van der Waals surface area contributed by atoms with Gasteiger partial charge in [0, 0.05) is 41.7 Å². The molecule has 0 radical (unpaired) electrons. The molecule has 1 aliphatic heterocycles. The van der Waals surface area contributed by atoms with Crippen molar-refractivity contribution in [1.82, 2.24) is 10.2 Å². The summed E-state index contributed by atoms with van der Waals surface area (Å²) >= 11 is 2.09. The van der Waals surface area contributed by atoms with Crippen molar-refractivity contribution in [2.75, 3.05) is 12.3 Å². The molecule has 106 valence electrons. The summed E-state index contributed by atoms with van der Waals surface area (Å²) < 4.78 is 5.65. The van der Waals surface area contributed by atoms with Crippen molar-refractivity contribution in [3.8, 4) is 0 Å². The Bertz CT molecular complexity index is 416. The monoisotopic (exact) mass is 280 g/mol. The molecule has 1 aromatic rings. The van der Waals surface area contributed by atoms with Crippen LogP contribution in [0.25, 0.3) is 0 Å². The molecule has 0 aromatic carbocycles. The minimum absolute atomic E-state index is 0.651. The molecule has 1 aromatic heterocycles. The van der Waals surface area contributed by atoms with Crippen LogP contribution >= 0.6 is 11.8 Å². The first-order valence-electron chi connectivity index (χ1n) is 7.38. The minimum Gasteiger partial charge on any atom is -0.468 e. The van der Waals surface area contributed by atoms with E-state index in [1.165, 1.54) is 30.7 Å². The molecule has 2 atom stereocenters. The molecule has 2 unspecified atom stereocenters. The van der Waals surface area contributed by atoms with Gasteiger partial charge in [0.15, 0.2) is 0 Å². The molecule has 19 heavy (non-hydrogen) atoms. The fourth-order valence-corrected chi connectivity index (χ4v) is 3.79. The quantitative estimate of drug-likeness (QED) is 0.898. The van der Waals surface area contributed by atoms with Crippen LogP contribution in [0.2, 0.25) is 0 Å². The van der Waals surface area contributed by atoms with Gasteiger partial charge in [-0.1, -0.05) is 6.92 Å². The zero-order chi connectivity index (χ0) is 13.2. The number of hydrogen-bond donors (Lipinski definition) is 1. The van der Waals surface area contributed by atoms with Crippen molar-refractivity contribution in [3.63, 3.8) is 0 Å². The molecule has 4 heteroatoms. The van der Waals surface area contributed by atoms with Crippen LogP contribution in [0.15, 0.2) is 16.7 Å². The van der Waals surface area contributed by atoms with E-state index in [4.69, 9.17) is 4.42 Å². The smallest absolute Gasteiger partial charge is 0.122 e. The molecule has 2 aliphatic rings. The van der Waals surface area contributed by atoms with Crippen LogP contribution < -0.4 is 5.32 Å². The molecule has 1 aliphatic carbocycles. The lowest BCUT2D eigenvalue weighted by atomic mass is 10.1. The molecule has 1 saturated heterocycles. The van der Waals surface area contributed by atoms with Gasteiger partial charge in [0.25, 0.3) is 0 Å². The molecule has 2 fully saturated rings. The average molecular weight is 280 g/mol. The van der Waals surface area contributed by atoms with Gasteiger partial charge in [0.05, 0.1) is 12.8 Å². The lowest BCUT2D eigenvalue weighted by molar-refractivity contribution is 0.203. The minimum atomic E-state index is 0.651. The summed E-state index contributed by atoms with van der Waals surface area (Å²) in [7, 11) is 0. The van der Waals surface area contributed by atoms with Crippen molar-refractivity contribution in [2.24, 2.45) is 0 Å². The predicted molar refractivity (Wildman–Crippen MR) is 80.4 cm³/mol. The first kappa shape index (κ1) is 13.5. The Labute approximate surface area is 120 Å². The Morgan fingerprint density at radius 2 is 2.26 bits per heavy atom. The Hall–Kier alpha value is -0.450. The van der Waals surface area contributed by atoms with E-state index in [1.807, 2.05) is 6.26 Å². The van der Waals surface area contributed by atoms with E-state index < -0.39 is 0 Å². The van der Waals surface area contributed by atoms with Crippen molar-refractivity contribution in [1.29, 1.82) is 0 Å². The third-order valence-corrected chi connectivity index (χ3v) is 5.69. The fourth-order valence-electron chi connectivity index (χ4n) is 2.62. The van der Waals surface area contributed by atoms with E-state index in [-0.39, 0.29) is 0 Å². The first-order chi connectivity index (χ1) is 9.24. The fraction of sp³-hybridized carbons (Fsp3) is 0.733. The third kappa shape index (κ3) is 3.36. The summed E-state index contributed by atoms with van der Waals surface area (Å²) in [5, 5.41) is 4.27. The second kappa shape index (κ2) is 5.90. The van der Waals surface area contributed by atoms with Crippen LogP contribution in [0.5, 0.6) is 0 Å². The van der Waals surface area contributed by atoms with Crippen molar-refractivity contribution in [3.05, 3.63) is 23.7 Å². The molecular formula is C15H24N2OS. The van der Waals surface area contributed by atoms with Gasteiger partial charge in [-0.15, -0.1) is 0 Å². The van der Waals surface area contributed by atoms with E-state index in [1.54, 1.807) is 0 Å². The Morgan fingerprint density at radius 3 is 3.05 bits per heavy atom. The van der Waals surface area contributed by atoms with E-state index in [0.29, 0.717) is 6.04 Å². The number of nitrogens with one attached hydrogen (secondary N) is 1. The van der Waals surface area contributed by atoms with Crippen LogP contribution in [0.4, 0.5) is 0 Å². The van der Waals surface area contributed by atoms with Crippen LogP contribution in [-0.2, 0) is 13.1 Å². The van der Waals surface area contributed by atoms with E-state index >= 15 is 0 Å². The summed E-state index contributed by atoms with van der Waals surface area (Å²) in [6.07, 6.45) is 4.49. The molecule has 3 nitrogen and oxygen atoms in total. The summed E-state index contributed by atoms with van der Waals surface area (Å²) in [6.45, 7) is 7.80. The summed E-state index contributed by atoms with van der Waals surface area (Å²) in [4.78, 5) is 2.59. The van der Waals surface area contributed by atoms with E-state index in [0.717, 1.165) is 30.1 Å². The summed E-state index contributed by atoms with van der Waals surface area (Å²) in [6, 6.07) is 3.53. The Kier molecular flexibility index (Phi) is 4.20. The van der Waals surface area contributed by atoms with Gasteiger partial charge in [-0.2, -0.15) is 11.8 Å². The molecule has 3 rings (SSSR count). The van der Waals surface area contributed by atoms with E-state index in [2.05, 4.69) is 41.9 Å². The van der Waals surface area contributed by atoms with Gasteiger partial charge in [-0.05, 0) is 25.8 Å². The topological polar surface area (TPSA) is 28.4 Å². The van der Waals surface area contributed by atoms with Crippen molar-refractivity contribution >= 4 is 11.8 Å². The first-order valence-corrected chi connectivity index (χ1v) is 8.43. The molecule has 1 N–H and O–H groups in total. The number of rotatable bonds is 5. The third-order valence-electron chi connectivity index (χ3n) is 4.35. The van der Waals surface area contributed by atoms with Gasteiger partial charge in [-0.3, -0.25) is 4.90 Å². The van der Waals surface area contributed by atoms with E-state index in [9.17, 15) is 0 Å². The van der Waals surface area contributed by atoms with Gasteiger partial charge >= 0.3 is 0 Å². The Morgan fingerprint density at radius 1 is 1.42 bits per heavy atom. The van der Waals surface area contributed by atoms with Crippen molar-refractivity contribution < 1.29 is 4.42 Å². The molecule has 2 heterocycles. The summed E-state index contributed by atoms with van der Waals surface area (Å²) in [5.41, 5.74) is 1.36. The average Bonchev–Trinajstić information content (AvgIpc) is 3.13. The second-order valence-corrected chi connectivity index (χ2v) is 7.30. The molecule has 0 bridgehead atoms. The van der Waals surface area contributed by atoms with Crippen LogP contribution in [-0.4, -0.2) is 34.5 Å². The van der Waals surface area contributed by atoms with Gasteiger partial charge in [0.1, 0.15) is 5.76 Å². The highest BCUT2D eigenvalue weighted by Crippen LogP contribution is 2.27. The SMILES string of the molecule is CC1SCCN(Cc2ccoc2CNC2CC2)C1C. The highest BCUT2D eigenvalue weighted by Gasteiger charge is 2.26. The highest BCUT2D eigenvalue weighted by atomic mass is 32.2. The maximum atomic E-state index is 5.65. The van der Waals surface area contributed by atoms with Crippen molar-refractivity contribution in [2.45, 2.75) is 57.1 Å². The van der Waals surface area contributed by atoms with Gasteiger partial charge in [0.2, 0.25) is 0 Å². The van der Waals surface area contributed by atoms with Crippen LogP contribution in [0.1, 0.15) is 38.0 Å². The lowest BCUT2D eigenvalue weighted by Gasteiger charge is -2.37. The molecule has 0 amide bonds. The highest BCUT2D eigenvalue weighted by molar-refractivity contribution is 8.00. The lowest BCUT2D eigenvalue weighted by Crippen LogP contribution is -2.44.